The highest BCUT2D eigenvalue weighted by Crippen LogP contribution is 2.31. The van der Waals surface area contributed by atoms with E-state index in [-0.39, 0.29) is 11.6 Å². The second kappa shape index (κ2) is 7.93. The van der Waals surface area contributed by atoms with Crippen LogP contribution in [0.1, 0.15) is 37.5 Å². The average molecular weight is 348 g/mol. The van der Waals surface area contributed by atoms with Gasteiger partial charge < -0.3 is 15.9 Å². The number of pyridine rings is 1. The molecule has 1 aromatic heterocycles. The molecule has 6 heteroatoms. The van der Waals surface area contributed by atoms with Crippen molar-refractivity contribution in [3.63, 3.8) is 0 Å². The van der Waals surface area contributed by atoms with Gasteiger partial charge in [-0.05, 0) is 43.2 Å². The van der Waals surface area contributed by atoms with Crippen LogP contribution < -0.4 is 10.5 Å². The van der Waals surface area contributed by atoms with Crippen LogP contribution in [-0.4, -0.2) is 11.2 Å². The van der Waals surface area contributed by atoms with E-state index in [0.29, 0.717) is 16.3 Å². The van der Waals surface area contributed by atoms with Gasteiger partial charge in [0.1, 0.15) is 11.9 Å². The predicted molar refractivity (Wildman–Crippen MR) is 96.2 cm³/mol. The molecule has 0 bridgehead atoms. The van der Waals surface area contributed by atoms with Crippen molar-refractivity contribution in [2.24, 2.45) is 0 Å². The summed E-state index contributed by atoms with van der Waals surface area (Å²) in [6, 6.07) is 5.83. The molecule has 126 valence electrons. The number of nitrogens with one attached hydrogen (secondary N) is 1. The number of ether oxygens (including phenoxy) is 1. The minimum absolute atomic E-state index is 0.221. The third-order valence-electron chi connectivity index (χ3n) is 3.49. The minimum Gasteiger partial charge on any atom is -0.482 e. The summed E-state index contributed by atoms with van der Waals surface area (Å²) < 4.78 is 19.3. The molecule has 0 amide bonds. The zero-order valence-electron chi connectivity index (χ0n) is 13.5. The van der Waals surface area contributed by atoms with Crippen molar-refractivity contribution >= 4 is 29.2 Å². The summed E-state index contributed by atoms with van der Waals surface area (Å²) in [4.78, 5) is 4.12. The molecule has 0 fully saturated rings. The van der Waals surface area contributed by atoms with Gasteiger partial charge in [-0.3, -0.25) is 0 Å². The molecule has 1 aromatic carbocycles. The van der Waals surface area contributed by atoms with E-state index in [2.05, 4.69) is 4.98 Å². The number of aromatic nitrogens is 1. The van der Waals surface area contributed by atoms with Gasteiger partial charge in [0, 0.05) is 28.6 Å². The van der Waals surface area contributed by atoms with Gasteiger partial charge in [0.05, 0.1) is 0 Å². The van der Waals surface area contributed by atoms with E-state index < -0.39 is 6.10 Å². The van der Waals surface area contributed by atoms with E-state index in [1.165, 1.54) is 24.4 Å². The average Bonchev–Trinajstić information content (AvgIpc) is 2.57. The second-order valence-corrected chi connectivity index (χ2v) is 5.65. The maximum Gasteiger partial charge on any atom is 0.166 e. The summed E-state index contributed by atoms with van der Waals surface area (Å²) in [6.07, 6.45) is 5.05. The Hall–Kier alpha value is -2.40. The Morgan fingerprint density at radius 1 is 1.46 bits per heavy atom. The first-order chi connectivity index (χ1) is 11.5. The fraction of sp³-hybridized carbons (Fsp3) is 0.222. The normalized spacial score (nSPS) is 12.8. The van der Waals surface area contributed by atoms with E-state index in [9.17, 15) is 4.39 Å². The Labute approximate surface area is 145 Å². The third-order valence-corrected chi connectivity index (χ3v) is 3.84. The quantitative estimate of drug-likeness (QED) is 0.719. The standard InChI is InChI=1S/C18H19ClFN3O/c1-3-4-12(9-21)13-7-17(18(22)23-10-13)24-11(2)15-8-14(20)5-6-16(15)19/h4-11,21H,3H2,1-2H3,(H2,22,23)/b12-4+,21-9?. The first kappa shape index (κ1) is 17.9. The van der Waals surface area contributed by atoms with Gasteiger partial charge in [0.25, 0.3) is 0 Å². The van der Waals surface area contributed by atoms with Crippen molar-refractivity contribution < 1.29 is 9.13 Å². The first-order valence-corrected chi connectivity index (χ1v) is 7.92. The number of nitrogens with zero attached hydrogens (tertiary/aromatic N) is 1. The lowest BCUT2D eigenvalue weighted by Gasteiger charge is -2.18. The van der Waals surface area contributed by atoms with Crippen molar-refractivity contribution in [2.45, 2.75) is 26.4 Å². The third kappa shape index (κ3) is 4.11. The van der Waals surface area contributed by atoms with Gasteiger partial charge in [-0.2, -0.15) is 0 Å². The zero-order chi connectivity index (χ0) is 17.7. The van der Waals surface area contributed by atoms with Crippen molar-refractivity contribution in [2.75, 3.05) is 5.73 Å². The Morgan fingerprint density at radius 2 is 2.21 bits per heavy atom. The van der Waals surface area contributed by atoms with E-state index >= 15 is 0 Å². The predicted octanol–water partition coefficient (Wildman–Crippen LogP) is 5.04. The number of rotatable bonds is 6. The van der Waals surface area contributed by atoms with Crippen LogP contribution in [0.2, 0.25) is 5.02 Å². The number of hydrogen-bond donors (Lipinski definition) is 2. The first-order valence-electron chi connectivity index (χ1n) is 7.54. The molecule has 4 nitrogen and oxygen atoms in total. The molecule has 2 aromatic rings. The SMILES string of the molecule is CC/C=C(\C=N)c1cnc(N)c(OC(C)c2cc(F)ccc2Cl)c1. The summed E-state index contributed by atoms with van der Waals surface area (Å²) in [5.41, 5.74) is 7.86. The molecule has 0 saturated heterocycles. The number of hydrogen-bond acceptors (Lipinski definition) is 4. The highest BCUT2D eigenvalue weighted by atomic mass is 35.5. The zero-order valence-corrected chi connectivity index (χ0v) is 14.3. The molecule has 0 aliphatic heterocycles. The van der Waals surface area contributed by atoms with Crippen LogP contribution in [0.3, 0.4) is 0 Å². The molecule has 2 rings (SSSR count). The number of anilines is 1. The molecular formula is C18H19ClFN3O. The molecule has 1 unspecified atom stereocenters. The molecule has 24 heavy (non-hydrogen) atoms. The maximum absolute atomic E-state index is 13.4. The molecule has 0 spiro atoms. The van der Waals surface area contributed by atoms with Gasteiger partial charge in [-0.1, -0.05) is 24.6 Å². The lowest BCUT2D eigenvalue weighted by atomic mass is 10.1. The molecule has 3 N–H and O–H groups in total. The summed E-state index contributed by atoms with van der Waals surface area (Å²) >= 11 is 6.11. The van der Waals surface area contributed by atoms with Crippen molar-refractivity contribution in [3.05, 3.63) is 58.5 Å². The lowest BCUT2D eigenvalue weighted by molar-refractivity contribution is 0.227. The van der Waals surface area contributed by atoms with Gasteiger partial charge in [0.2, 0.25) is 0 Å². The number of nitrogen functional groups attached to an aromatic ring is 1. The molecule has 0 saturated carbocycles. The van der Waals surface area contributed by atoms with E-state index in [4.69, 9.17) is 27.5 Å². The highest BCUT2D eigenvalue weighted by molar-refractivity contribution is 6.31. The summed E-state index contributed by atoms with van der Waals surface area (Å²) in [6.45, 7) is 3.74. The van der Waals surface area contributed by atoms with E-state index in [1.54, 1.807) is 19.2 Å². The number of benzene rings is 1. The van der Waals surface area contributed by atoms with Gasteiger partial charge >= 0.3 is 0 Å². The molecule has 0 aliphatic rings. The molecular weight excluding hydrogens is 329 g/mol. The lowest BCUT2D eigenvalue weighted by Crippen LogP contribution is -2.07. The monoisotopic (exact) mass is 347 g/mol. The number of halogens is 2. The van der Waals surface area contributed by atoms with Crippen LogP contribution in [0, 0.1) is 11.2 Å². The fourth-order valence-electron chi connectivity index (χ4n) is 2.27. The summed E-state index contributed by atoms with van der Waals surface area (Å²) in [5, 5.41) is 7.91. The van der Waals surface area contributed by atoms with Crippen LogP contribution in [0.4, 0.5) is 10.2 Å². The Morgan fingerprint density at radius 3 is 2.88 bits per heavy atom. The van der Waals surface area contributed by atoms with Crippen LogP contribution in [0.5, 0.6) is 5.75 Å². The van der Waals surface area contributed by atoms with Crippen LogP contribution in [-0.2, 0) is 0 Å². The van der Waals surface area contributed by atoms with Crippen LogP contribution in [0.15, 0.2) is 36.5 Å². The van der Waals surface area contributed by atoms with Gasteiger partial charge in [-0.15, -0.1) is 0 Å². The highest BCUT2D eigenvalue weighted by Gasteiger charge is 2.15. The minimum atomic E-state index is -0.508. The fourth-order valence-corrected chi connectivity index (χ4v) is 2.54. The molecule has 1 heterocycles. The Bertz CT molecular complexity index is 777. The Kier molecular flexibility index (Phi) is 5.93. The number of nitrogens with two attached hydrogens (primary N) is 1. The summed E-state index contributed by atoms with van der Waals surface area (Å²) in [5.74, 6) is 0.199. The molecule has 0 radical (unpaired) electrons. The second-order valence-electron chi connectivity index (χ2n) is 5.25. The van der Waals surface area contributed by atoms with Crippen LogP contribution >= 0.6 is 11.6 Å². The van der Waals surface area contributed by atoms with Crippen molar-refractivity contribution in [1.29, 1.82) is 5.41 Å². The molecule has 1 atom stereocenters. The topological polar surface area (TPSA) is 72.0 Å². The smallest absolute Gasteiger partial charge is 0.166 e. The maximum atomic E-state index is 13.4. The molecule has 0 aliphatic carbocycles. The van der Waals surface area contributed by atoms with E-state index in [1.807, 2.05) is 13.0 Å². The van der Waals surface area contributed by atoms with Gasteiger partial charge in [-0.25, -0.2) is 9.37 Å². The van der Waals surface area contributed by atoms with Crippen LogP contribution in [0.25, 0.3) is 5.57 Å². The Balaban J connectivity index is 2.33. The van der Waals surface area contributed by atoms with Gasteiger partial charge in [0.15, 0.2) is 11.6 Å². The van der Waals surface area contributed by atoms with E-state index in [0.717, 1.165) is 17.6 Å². The summed E-state index contributed by atoms with van der Waals surface area (Å²) in [7, 11) is 0. The van der Waals surface area contributed by atoms with Crippen molar-refractivity contribution in [1.82, 2.24) is 4.98 Å². The number of allylic oxidation sites excluding steroid dienone is 2. The largest absolute Gasteiger partial charge is 0.482 e. The van der Waals surface area contributed by atoms with Crippen molar-refractivity contribution in [3.8, 4) is 5.75 Å².